The van der Waals surface area contributed by atoms with Crippen molar-refractivity contribution in [3.05, 3.63) is 47.8 Å². The first-order chi connectivity index (χ1) is 12.8. The van der Waals surface area contributed by atoms with E-state index >= 15 is 0 Å². The second-order valence-electron chi connectivity index (χ2n) is 6.91. The van der Waals surface area contributed by atoms with E-state index < -0.39 is 10.2 Å². The summed E-state index contributed by atoms with van der Waals surface area (Å²) in [6.07, 6.45) is 0.766. The average Bonchev–Trinajstić information content (AvgIpc) is 3.12. The van der Waals surface area contributed by atoms with Crippen LogP contribution < -0.4 is 10.1 Å². The molecule has 1 aliphatic rings. The topological polar surface area (TPSA) is 74.8 Å². The summed E-state index contributed by atoms with van der Waals surface area (Å²) in [7, 11) is 1.37. The van der Waals surface area contributed by atoms with Gasteiger partial charge >= 0.3 is 0 Å². The molecule has 1 fully saturated rings. The number of aryl methyl sites for hydroxylation is 1. The van der Waals surface area contributed by atoms with Gasteiger partial charge < -0.3 is 10.1 Å². The van der Waals surface area contributed by atoms with Gasteiger partial charge in [0.2, 0.25) is 0 Å². The number of pyridine rings is 1. The molecule has 8 heteroatoms. The number of hydrogen-bond donors (Lipinski definition) is 1. The van der Waals surface area contributed by atoms with E-state index in [2.05, 4.69) is 10.3 Å². The third-order valence-electron chi connectivity index (χ3n) is 4.69. The van der Waals surface area contributed by atoms with E-state index in [0.29, 0.717) is 13.1 Å². The Morgan fingerprint density at radius 2 is 2.00 bits per heavy atom. The molecule has 1 atom stereocenters. The number of hydrogen-bond acceptors (Lipinski definition) is 5. The average molecular weight is 391 g/mol. The molecule has 1 saturated heterocycles. The van der Waals surface area contributed by atoms with Gasteiger partial charge in [-0.3, -0.25) is 4.98 Å². The summed E-state index contributed by atoms with van der Waals surface area (Å²) in [4.78, 5) is 4.65. The highest BCUT2D eigenvalue weighted by Crippen LogP contribution is 2.31. The molecule has 0 saturated carbocycles. The highest BCUT2D eigenvalue weighted by atomic mass is 32.2. The fraction of sp³-hybridized carbons (Fsp3) is 0.421. The summed E-state index contributed by atoms with van der Waals surface area (Å²) in [5.74, 6) is 0.872. The van der Waals surface area contributed by atoms with Crippen molar-refractivity contribution in [1.29, 1.82) is 0 Å². The Kier molecular flexibility index (Phi) is 5.69. The number of ether oxygens (including phenoxy) is 1. The van der Waals surface area contributed by atoms with Crippen molar-refractivity contribution in [3.63, 3.8) is 0 Å². The molecule has 0 unspecified atom stereocenters. The van der Waals surface area contributed by atoms with Crippen molar-refractivity contribution in [2.45, 2.75) is 19.3 Å². The Balaban J connectivity index is 1.80. The zero-order chi connectivity index (χ0) is 19.6. The lowest BCUT2D eigenvalue weighted by Gasteiger charge is -2.21. The van der Waals surface area contributed by atoms with Crippen LogP contribution >= 0.6 is 0 Å². The number of rotatable bonds is 6. The van der Waals surface area contributed by atoms with E-state index in [1.165, 1.54) is 8.61 Å². The number of nitrogens with one attached hydrogen (secondary N) is 1. The van der Waals surface area contributed by atoms with E-state index in [9.17, 15) is 8.42 Å². The van der Waals surface area contributed by atoms with E-state index in [1.807, 2.05) is 43.3 Å². The minimum atomic E-state index is -3.38. The summed E-state index contributed by atoms with van der Waals surface area (Å²) in [6.45, 7) is 2.92. The van der Waals surface area contributed by atoms with Crippen molar-refractivity contribution < 1.29 is 13.2 Å². The van der Waals surface area contributed by atoms with Crippen LogP contribution in [0.4, 0.5) is 11.4 Å². The number of benzene rings is 1. The van der Waals surface area contributed by atoms with Gasteiger partial charge in [-0.1, -0.05) is 6.07 Å². The van der Waals surface area contributed by atoms with E-state index in [4.69, 9.17) is 4.74 Å². The fourth-order valence-electron chi connectivity index (χ4n) is 3.25. The molecule has 0 spiro atoms. The van der Waals surface area contributed by atoms with Crippen LogP contribution in [-0.4, -0.2) is 56.3 Å². The van der Waals surface area contributed by atoms with Gasteiger partial charge in [0.05, 0.1) is 7.11 Å². The summed E-state index contributed by atoms with van der Waals surface area (Å²) in [6, 6.07) is 11.7. The van der Waals surface area contributed by atoms with E-state index in [1.54, 1.807) is 21.2 Å². The van der Waals surface area contributed by atoms with Crippen molar-refractivity contribution in [1.82, 2.24) is 13.6 Å². The lowest BCUT2D eigenvalue weighted by molar-refractivity contribution is 0.415. The minimum Gasteiger partial charge on any atom is -0.497 e. The standard InChI is InChI=1S/C19H26N4O3S/c1-14-10-17(21-16-6-5-7-18(11-16)26-4)12-19(20-14)15-8-9-23(13-15)27(24,25)22(2)3/h5-7,10-12,15H,8-9,13H2,1-4H3,(H,20,21)/t15-/m0/s1. The van der Waals surface area contributed by atoms with Crippen LogP contribution in [0.5, 0.6) is 5.75 Å². The van der Waals surface area contributed by atoms with Crippen LogP contribution in [0.25, 0.3) is 0 Å². The number of anilines is 2. The maximum absolute atomic E-state index is 12.4. The molecule has 0 amide bonds. The number of nitrogens with zero attached hydrogens (tertiary/aromatic N) is 3. The SMILES string of the molecule is COc1cccc(Nc2cc(C)nc([C@H]3CCN(S(=O)(=O)N(C)C)C3)c2)c1. The monoisotopic (exact) mass is 390 g/mol. The predicted octanol–water partition coefficient (Wildman–Crippen LogP) is 2.74. The molecular weight excluding hydrogens is 364 g/mol. The lowest BCUT2D eigenvalue weighted by Crippen LogP contribution is -2.38. The molecule has 0 bridgehead atoms. The lowest BCUT2D eigenvalue weighted by atomic mass is 10.0. The zero-order valence-corrected chi connectivity index (χ0v) is 17.0. The Bertz CT molecular complexity index is 915. The van der Waals surface area contributed by atoms with E-state index in [-0.39, 0.29) is 5.92 Å². The van der Waals surface area contributed by atoms with Crippen molar-refractivity contribution in [2.24, 2.45) is 0 Å². The van der Waals surface area contributed by atoms with Crippen molar-refractivity contribution in [2.75, 3.05) is 39.6 Å². The first-order valence-corrected chi connectivity index (χ1v) is 10.3. The molecule has 146 valence electrons. The molecular formula is C19H26N4O3S. The quantitative estimate of drug-likeness (QED) is 0.821. The van der Waals surface area contributed by atoms with Gasteiger partial charge in [0.25, 0.3) is 10.2 Å². The largest absolute Gasteiger partial charge is 0.497 e. The van der Waals surface area contributed by atoms with Crippen LogP contribution in [0.2, 0.25) is 0 Å². The van der Waals surface area contributed by atoms with Crippen LogP contribution in [-0.2, 0) is 10.2 Å². The predicted molar refractivity (Wildman–Crippen MR) is 107 cm³/mol. The maximum atomic E-state index is 12.4. The van der Waals surface area contributed by atoms with Crippen molar-refractivity contribution >= 4 is 21.6 Å². The summed E-state index contributed by atoms with van der Waals surface area (Å²) >= 11 is 0. The first-order valence-electron chi connectivity index (χ1n) is 8.87. The second-order valence-corrected chi connectivity index (χ2v) is 9.06. The molecule has 7 nitrogen and oxygen atoms in total. The van der Waals surface area contributed by atoms with Crippen LogP contribution in [0.1, 0.15) is 23.7 Å². The third kappa shape index (κ3) is 4.40. The van der Waals surface area contributed by atoms with Gasteiger partial charge in [0.1, 0.15) is 5.75 Å². The number of aromatic nitrogens is 1. The molecule has 0 radical (unpaired) electrons. The van der Waals surface area contributed by atoms with E-state index in [0.717, 1.165) is 34.9 Å². The Morgan fingerprint density at radius 1 is 1.22 bits per heavy atom. The molecule has 1 aromatic carbocycles. The molecule has 1 N–H and O–H groups in total. The van der Waals surface area contributed by atoms with Gasteiger partial charge in [-0.25, -0.2) is 0 Å². The van der Waals surface area contributed by atoms with Gasteiger partial charge in [-0.2, -0.15) is 17.0 Å². The molecule has 2 aromatic rings. The van der Waals surface area contributed by atoms with Crippen LogP contribution in [0.3, 0.4) is 0 Å². The molecule has 2 heterocycles. The van der Waals surface area contributed by atoms with Gasteiger partial charge in [-0.05, 0) is 37.6 Å². The third-order valence-corrected chi connectivity index (χ3v) is 6.60. The summed E-state index contributed by atoms with van der Waals surface area (Å²) < 4.78 is 32.8. The molecule has 1 aliphatic heterocycles. The summed E-state index contributed by atoms with van der Waals surface area (Å²) in [5.41, 5.74) is 3.66. The molecule has 1 aromatic heterocycles. The Labute approximate surface area is 161 Å². The van der Waals surface area contributed by atoms with Crippen LogP contribution in [0, 0.1) is 6.92 Å². The highest BCUT2D eigenvalue weighted by Gasteiger charge is 2.34. The Morgan fingerprint density at radius 3 is 2.70 bits per heavy atom. The molecule has 27 heavy (non-hydrogen) atoms. The molecule has 3 rings (SSSR count). The van der Waals surface area contributed by atoms with Crippen LogP contribution in [0.15, 0.2) is 36.4 Å². The van der Waals surface area contributed by atoms with Gasteiger partial charge in [0, 0.05) is 61.9 Å². The first kappa shape index (κ1) is 19.6. The minimum absolute atomic E-state index is 0.0884. The maximum Gasteiger partial charge on any atom is 0.281 e. The highest BCUT2D eigenvalue weighted by molar-refractivity contribution is 7.86. The normalized spacial score (nSPS) is 18.0. The summed E-state index contributed by atoms with van der Waals surface area (Å²) in [5, 5.41) is 3.38. The van der Waals surface area contributed by atoms with Gasteiger partial charge in [-0.15, -0.1) is 0 Å². The zero-order valence-electron chi connectivity index (χ0n) is 16.1. The molecule has 0 aliphatic carbocycles. The Hall–Kier alpha value is -2.16. The fourth-order valence-corrected chi connectivity index (χ4v) is 4.42. The smallest absolute Gasteiger partial charge is 0.281 e. The van der Waals surface area contributed by atoms with Crippen molar-refractivity contribution in [3.8, 4) is 5.75 Å². The number of methoxy groups -OCH3 is 1. The van der Waals surface area contributed by atoms with Gasteiger partial charge in [0.15, 0.2) is 0 Å². The second kappa shape index (κ2) is 7.84.